The second-order valence-electron chi connectivity index (χ2n) is 7.26. The molecule has 2 aliphatic rings. The molecule has 2 saturated heterocycles. The van der Waals surface area contributed by atoms with Gasteiger partial charge in [-0.25, -0.2) is 0 Å². The minimum atomic E-state index is 0. The van der Waals surface area contributed by atoms with E-state index in [1.54, 1.807) is 12.4 Å². The molecule has 4 heterocycles. The fourth-order valence-electron chi connectivity index (χ4n) is 4.03. The molecule has 1 spiro atoms. The van der Waals surface area contributed by atoms with Crippen LogP contribution in [0.25, 0.3) is 11.3 Å². The van der Waals surface area contributed by atoms with Crippen molar-refractivity contribution in [1.29, 1.82) is 0 Å². The van der Waals surface area contributed by atoms with Crippen LogP contribution in [0.2, 0.25) is 0 Å². The predicted molar refractivity (Wildman–Crippen MR) is 110 cm³/mol. The van der Waals surface area contributed by atoms with E-state index in [1.807, 2.05) is 18.2 Å². The summed E-state index contributed by atoms with van der Waals surface area (Å²) in [6, 6.07) is 6.46. The summed E-state index contributed by atoms with van der Waals surface area (Å²) < 4.78 is 11.8. The molecule has 27 heavy (non-hydrogen) atoms. The van der Waals surface area contributed by atoms with Gasteiger partial charge in [0.25, 0.3) is 0 Å². The number of halogens is 2. The van der Waals surface area contributed by atoms with E-state index < -0.39 is 0 Å². The van der Waals surface area contributed by atoms with E-state index in [0.29, 0.717) is 6.04 Å². The molecule has 2 fully saturated rings. The molecule has 1 N–H and O–H groups in total. The molecule has 0 saturated carbocycles. The first kappa shape index (κ1) is 22.1. The third kappa shape index (κ3) is 5.21. The van der Waals surface area contributed by atoms with Crippen molar-refractivity contribution in [1.82, 2.24) is 20.4 Å². The largest absolute Gasteiger partial charge is 0.375 e. The average Bonchev–Trinajstić information content (AvgIpc) is 3.12. The van der Waals surface area contributed by atoms with Crippen LogP contribution in [0, 0.1) is 0 Å². The fraction of sp³-hybridized carbons (Fsp3) is 0.579. The van der Waals surface area contributed by atoms with E-state index in [2.05, 4.69) is 27.4 Å². The van der Waals surface area contributed by atoms with Gasteiger partial charge in [-0.1, -0.05) is 5.16 Å². The predicted octanol–water partition coefficient (Wildman–Crippen LogP) is 3.31. The third-order valence-electron chi connectivity index (χ3n) is 5.55. The Labute approximate surface area is 172 Å². The Hall–Kier alpha value is -1.18. The molecule has 8 heteroatoms. The second-order valence-corrected chi connectivity index (χ2v) is 7.26. The normalized spacial score (nSPS) is 21.5. The van der Waals surface area contributed by atoms with Crippen molar-refractivity contribution in [3.05, 3.63) is 36.4 Å². The van der Waals surface area contributed by atoms with Gasteiger partial charge in [-0.15, -0.1) is 24.8 Å². The summed E-state index contributed by atoms with van der Waals surface area (Å²) in [5.41, 5.74) is 1.98. The molecule has 0 bridgehead atoms. The number of ether oxygens (including phenoxy) is 1. The molecule has 1 atom stereocenters. The van der Waals surface area contributed by atoms with Gasteiger partial charge in [0.1, 0.15) is 5.69 Å². The standard InChI is InChI=1S/C19H26N4O2.2ClH/c1-23(16-4-11-24-19(13-16)5-9-21-10-6-19)14-17-12-18(22-25-17)15-2-7-20-8-3-15;;/h2-3,7-8,12,16,21H,4-6,9-11,13-14H2,1H3;2*1H. The lowest BCUT2D eigenvalue weighted by Gasteiger charge is -2.45. The molecule has 2 aliphatic heterocycles. The molecule has 4 rings (SSSR count). The second kappa shape index (κ2) is 9.85. The van der Waals surface area contributed by atoms with E-state index in [9.17, 15) is 0 Å². The first-order chi connectivity index (χ1) is 12.2. The van der Waals surface area contributed by atoms with E-state index in [4.69, 9.17) is 9.26 Å². The molecule has 2 aromatic rings. The van der Waals surface area contributed by atoms with Crippen LogP contribution in [0.15, 0.2) is 35.1 Å². The van der Waals surface area contributed by atoms with Gasteiger partial charge in [0.15, 0.2) is 5.76 Å². The maximum Gasteiger partial charge on any atom is 0.151 e. The van der Waals surface area contributed by atoms with E-state index in [0.717, 1.165) is 68.9 Å². The number of hydrogen-bond donors (Lipinski definition) is 1. The number of hydrogen-bond acceptors (Lipinski definition) is 6. The summed E-state index contributed by atoms with van der Waals surface area (Å²) >= 11 is 0. The first-order valence-corrected chi connectivity index (χ1v) is 9.15. The van der Waals surface area contributed by atoms with Gasteiger partial charge in [-0.05, 0) is 58.0 Å². The SMILES string of the molecule is CN(Cc1cc(-c2ccncc2)no1)C1CCOC2(CCNCC2)C1.Cl.Cl. The zero-order valence-corrected chi connectivity index (χ0v) is 17.2. The van der Waals surface area contributed by atoms with Gasteiger partial charge in [0.05, 0.1) is 12.1 Å². The first-order valence-electron chi connectivity index (χ1n) is 9.15. The minimum Gasteiger partial charge on any atom is -0.375 e. The van der Waals surface area contributed by atoms with Gasteiger partial charge >= 0.3 is 0 Å². The zero-order chi connectivity index (χ0) is 17.1. The number of nitrogens with one attached hydrogen (secondary N) is 1. The topological polar surface area (TPSA) is 63.4 Å². The highest BCUT2D eigenvalue weighted by Crippen LogP contribution is 2.35. The minimum absolute atomic E-state index is 0. The lowest BCUT2D eigenvalue weighted by Crippen LogP contribution is -2.52. The van der Waals surface area contributed by atoms with Crippen molar-refractivity contribution in [3.63, 3.8) is 0 Å². The van der Waals surface area contributed by atoms with Crippen molar-refractivity contribution in [3.8, 4) is 11.3 Å². The molecule has 2 aromatic heterocycles. The third-order valence-corrected chi connectivity index (χ3v) is 5.55. The van der Waals surface area contributed by atoms with Crippen molar-refractivity contribution < 1.29 is 9.26 Å². The molecule has 1 unspecified atom stereocenters. The van der Waals surface area contributed by atoms with Gasteiger partial charge in [0, 0.05) is 36.7 Å². The average molecular weight is 415 g/mol. The van der Waals surface area contributed by atoms with Crippen molar-refractivity contribution in [2.45, 2.75) is 43.9 Å². The lowest BCUT2D eigenvalue weighted by atomic mass is 9.82. The molecule has 0 aliphatic carbocycles. The zero-order valence-electron chi connectivity index (χ0n) is 15.6. The Morgan fingerprint density at radius 1 is 1.22 bits per heavy atom. The Balaban J connectivity index is 0.00000131. The molecule has 0 radical (unpaired) electrons. The molecular weight excluding hydrogens is 387 g/mol. The fourth-order valence-corrected chi connectivity index (χ4v) is 4.03. The van der Waals surface area contributed by atoms with Crippen LogP contribution in [-0.2, 0) is 11.3 Å². The van der Waals surface area contributed by atoms with Crippen molar-refractivity contribution in [2.75, 3.05) is 26.7 Å². The maximum atomic E-state index is 6.19. The summed E-state index contributed by atoms with van der Waals surface area (Å²) in [5.74, 6) is 0.903. The van der Waals surface area contributed by atoms with Crippen LogP contribution >= 0.6 is 24.8 Å². The number of nitrogens with zero attached hydrogens (tertiary/aromatic N) is 3. The van der Waals surface area contributed by atoms with Gasteiger partial charge in [-0.3, -0.25) is 9.88 Å². The number of aromatic nitrogens is 2. The molecule has 6 nitrogen and oxygen atoms in total. The highest BCUT2D eigenvalue weighted by Gasteiger charge is 2.39. The van der Waals surface area contributed by atoms with E-state index in [1.165, 1.54) is 0 Å². The van der Waals surface area contributed by atoms with Gasteiger partial charge < -0.3 is 14.6 Å². The van der Waals surface area contributed by atoms with Crippen LogP contribution in [0.5, 0.6) is 0 Å². The van der Waals surface area contributed by atoms with Crippen LogP contribution in [0.1, 0.15) is 31.4 Å². The molecule has 0 aromatic carbocycles. The summed E-state index contributed by atoms with van der Waals surface area (Å²) in [7, 11) is 2.18. The maximum absolute atomic E-state index is 6.19. The number of rotatable bonds is 4. The molecular formula is C19H28Cl2N4O2. The highest BCUT2D eigenvalue weighted by atomic mass is 35.5. The Kier molecular flexibility index (Phi) is 8.06. The summed E-state index contributed by atoms with van der Waals surface area (Å²) in [4.78, 5) is 6.44. The quantitative estimate of drug-likeness (QED) is 0.827. The monoisotopic (exact) mass is 414 g/mol. The van der Waals surface area contributed by atoms with Crippen LogP contribution in [-0.4, -0.2) is 53.4 Å². The molecule has 0 amide bonds. The van der Waals surface area contributed by atoms with E-state index >= 15 is 0 Å². The van der Waals surface area contributed by atoms with Gasteiger partial charge in [0.2, 0.25) is 0 Å². The smallest absolute Gasteiger partial charge is 0.151 e. The van der Waals surface area contributed by atoms with Crippen LogP contribution < -0.4 is 5.32 Å². The number of piperidine rings is 1. The lowest BCUT2D eigenvalue weighted by molar-refractivity contribution is -0.119. The van der Waals surface area contributed by atoms with Crippen molar-refractivity contribution >= 4 is 24.8 Å². The number of pyridine rings is 1. The summed E-state index contributed by atoms with van der Waals surface area (Å²) in [6.07, 6.45) is 7.97. The van der Waals surface area contributed by atoms with Crippen LogP contribution in [0.4, 0.5) is 0 Å². The summed E-state index contributed by atoms with van der Waals surface area (Å²) in [6.45, 7) is 3.76. The van der Waals surface area contributed by atoms with Crippen LogP contribution in [0.3, 0.4) is 0 Å². The van der Waals surface area contributed by atoms with Gasteiger partial charge in [-0.2, -0.15) is 0 Å². The van der Waals surface area contributed by atoms with Crippen molar-refractivity contribution in [2.24, 2.45) is 0 Å². The Morgan fingerprint density at radius 2 is 1.96 bits per heavy atom. The highest BCUT2D eigenvalue weighted by molar-refractivity contribution is 5.85. The Bertz CT molecular complexity index is 687. The molecule has 150 valence electrons. The van der Waals surface area contributed by atoms with E-state index in [-0.39, 0.29) is 30.4 Å². The summed E-state index contributed by atoms with van der Waals surface area (Å²) in [5, 5.41) is 7.64. The Morgan fingerprint density at radius 3 is 2.70 bits per heavy atom.